The highest BCUT2D eigenvalue weighted by molar-refractivity contribution is 7.84. The third-order valence-electron chi connectivity index (χ3n) is 9.23. The van der Waals surface area contributed by atoms with Gasteiger partial charge in [0.25, 0.3) is 5.69 Å². The van der Waals surface area contributed by atoms with E-state index in [-0.39, 0.29) is 50.1 Å². The number of hydrogen-bond donors (Lipinski definition) is 2. The van der Waals surface area contributed by atoms with E-state index in [4.69, 9.17) is 13.7 Å². The second kappa shape index (κ2) is 17.0. The zero-order valence-electron chi connectivity index (χ0n) is 29.8. The summed E-state index contributed by atoms with van der Waals surface area (Å²) in [7, 11) is -4.15. The van der Waals surface area contributed by atoms with E-state index >= 15 is 0 Å². The van der Waals surface area contributed by atoms with Gasteiger partial charge >= 0.3 is 16.3 Å². The van der Waals surface area contributed by atoms with E-state index in [1.165, 1.54) is 4.31 Å². The van der Waals surface area contributed by atoms with E-state index in [0.717, 1.165) is 11.1 Å². The lowest BCUT2D eigenvalue weighted by Gasteiger charge is -2.29. The first-order valence-corrected chi connectivity index (χ1v) is 18.6. The lowest BCUT2D eigenvalue weighted by atomic mass is 9.84. The van der Waals surface area contributed by atoms with Crippen molar-refractivity contribution in [3.05, 3.63) is 128 Å². The maximum atomic E-state index is 13.3. The van der Waals surface area contributed by atoms with Crippen LogP contribution in [0.1, 0.15) is 71.6 Å². The zero-order valence-corrected chi connectivity index (χ0v) is 30.6. The fraction of sp³-hybridized carbons (Fsp3) is 0.359. The number of hydrogen-bond acceptors (Lipinski definition) is 10. The van der Waals surface area contributed by atoms with Crippen molar-refractivity contribution < 1.29 is 36.9 Å². The predicted octanol–water partition coefficient (Wildman–Crippen LogP) is 6.95. The number of aliphatic hydroxyl groups excluding tert-OH is 1. The lowest BCUT2D eigenvalue weighted by Crippen LogP contribution is -2.37. The molecule has 52 heavy (non-hydrogen) atoms. The van der Waals surface area contributed by atoms with Gasteiger partial charge in [0.1, 0.15) is 23.8 Å². The number of aliphatic hydroxyl groups is 1. The maximum absolute atomic E-state index is 13.3. The van der Waals surface area contributed by atoms with E-state index in [1.54, 1.807) is 44.2 Å². The molecule has 1 heterocycles. The summed E-state index contributed by atoms with van der Waals surface area (Å²) in [5, 5.41) is 24.9. The molecule has 0 radical (unpaired) electrons. The molecule has 0 fully saturated rings. The Morgan fingerprint density at radius 1 is 1.08 bits per heavy atom. The van der Waals surface area contributed by atoms with Gasteiger partial charge in [-0.2, -0.15) is 12.7 Å². The molecular weight excluding hydrogens is 687 g/mol. The minimum Gasteiger partial charge on any atom is -0.489 e. The van der Waals surface area contributed by atoms with E-state index in [1.807, 2.05) is 62.4 Å². The van der Waals surface area contributed by atoms with Gasteiger partial charge in [-0.1, -0.05) is 61.5 Å². The number of nitrogens with one attached hydrogen (secondary N) is 1. The van der Waals surface area contributed by atoms with Gasteiger partial charge in [0.15, 0.2) is 0 Å². The molecule has 4 aromatic carbocycles. The summed E-state index contributed by atoms with van der Waals surface area (Å²) in [5.74, 6) is -0.239. The number of aryl methyl sites for hydroxylation is 1. The van der Waals surface area contributed by atoms with Crippen LogP contribution >= 0.6 is 0 Å². The maximum Gasteiger partial charge on any atom is 0.385 e. The van der Waals surface area contributed by atoms with Crippen molar-refractivity contribution in [2.24, 2.45) is 5.92 Å². The molecular formula is C39H45N3O9S. The molecule has 1 unspecified atom stereocenters. The van der Waals surface area contributed by atoms with E-state index < -0.39 is 27.1 Å². The number of fused-ring (bicyclic) bond motifs is 1. The standard InChI is InChI=1S/C39H45N3O9S/c1-5-49-38(44)21-35(34-14-15-36(39(28(34)4)42(45)46)40-18-17-26(2)24-43)30-12-11-27(3)31(19-30)22-41-23-32-20-33(13-16-37(32)51-52(41,47)48)50-25-29-9-7-6-8-10-29/h6-16,19-20,26,35,40,43H,5,17-18,21-25H2,1-4H3/t26-,35?/m1/s1. The van der Waals surface area contributed by atoms with Crippen LogP contribution in [-0.4, -0.2) is 48.5 Å². The minimum absolute atomic E-state index is 0.0169. The third-order valence-corrected chi connectivity index (χ3v) is 10.5. The average Bonchev–Trinajstić information content (AvgIpc) is 3.11. The number of nitrogens with zero attached hydrogens (tertiary/aromatic N) is 2. The van der Waals surface area contributed by atoms with Crippen LogP contribution < -0.4 is 14.2 Å². The highest BCUT2D eigenvalue weighted by atomic mass is 32.2. The molecule has 0 bridgehead atoms. The number of nitro groups is 1. The van der Waals surface area contributed by atoms with Crippen molar-refractivity contribution in [2.75, 3.05) is 25.1 Å². The third kappa shape index (κ3) is 9.27. The Morgan fingerprint density at radius 2 is 1.85 bits per heavy atom. The Bertz CT molecular complexity index is 2000. The quantitative estimate of drug-likeness (QED) is 0.0702. The highest BCUT2D eigenvalue weighted by Crippen LogP contribution is 2.40. The number of ether oxygens (including phenoxy) is 2. The zero-order chi connectivity index (χ0) is 37.4. The van der Waals surface area contributed by atoms with Crippen LogP contribution in [0.25, 0.3) is 0 Å². The molecule has 1 aliphatic rings. The molecule has 0 aliphatic carbocycles. The van der Waals surface area contributed by atoms with Crippen LogP contribution in [-0.2, 0) is 39.5 Å². The van der Waals surface area contributed by atoms with Crippen LogP contribution in [0.4, 0.5) is 11.4 Å². The summed E-state index contributed by atoms with van der Waals surface area (Å²) < 4.78 is 44.7. The molecule has 276 valence electrons. The number of carbonyl (C=O) groups is 1. The van der Waals surface area contributed by atoms with Crippen molar-refractivity contribution in [1.82, 2.24) is 4.31 Å². The van der Waals surface area contributed by atoms with Gasteiger partial charge in [0.05, 0.1) is 18.0 Å². The Balaban J connectivity index is 1.44. The first kappa shape index (κ1) is 38.3. The van der Waals surface area contributed by atoms with Gasteiger partial charge in [-0.05, 0) is 85.2 Å². The van der Waals surface area contributed by atoms with E-state index in [0.29, 0.717) is 58.8 Å². The Morgan fingerprint density at radius 3 is 2.56 bits per heavy atom. The number of benzene rings is 4. The number of nitro benzene ring substituents is 1. The second-order valence-corrected chi connectivity index (χ2v) is 14.6. The molecule has 0 saturated carbocycles. The largest absolute Gasteiger partial charge is 0.489 e. The fourth-order valence-corrected chi connectivity index (χ4v) is 7.33. The topological polar surface area (TPSA) is 158 Å². The summed E-state index contributed by atoms with van der Waals surface area (Å²) in [6.07, 6.45) is 0.540. The van der Waals surface area contributed by atoms with Gasteiger partial charge in [0, 0.05) is 43.3 Å². The van der Waals surface area contributed by atoms with E-state index in [9.17, 15) is 28.4 Å². The minimum atomic E-state index is -4.15. The molecule has 0 amide bonds. The summed E-state index contributed by atoms with van der Waals surface area (Å²) in [6.45, 7) is 8.15. The lowest BCUT2D eigenvalue weighted by molar-refractivity contribution is -0.384. The van der Waals surface area contributed by atoms with Gasteiger partial charge in [0.2, 0.25) is 0 Å². The van der Waals surface area contributed by atoms with Crippen molar-refractivity contribution in [3.8, 4) is 11.5 Å². The van der Waals surface area contributed by atoms with Crippen molar-refractivity contribution in [3.63, 3.8) is 0 Å². The summed E-state index contributed by atoms with van der Waals surface area (Å²) in [5.41, 5.74) is 5.05. The van der Waals surface area contributed by atoms with Gasteiger partial charge in [-0.15, -0.1) is 0 Å². The van der Waals surface area contributed by atoms with Gasteiger partial charge in [-0.25, -0.2) is 0 Å². The molecule has 2 N–H and O–H groups in total. The smallest absolute Gasteiger partial charge is 0.385 e. The number of rotatable bonds is 16. The van der Waals surface area contributed by atoms with Crippen LogP contribution in [0.5, 0.6) is 11.5 Å². The fourth-order valence-electron chi connectivity index (χ4n) is 6.24. The molecule has 4 aromatic rings. The number of carbonyl (C=O) groups excluding carboxylic acids is 1. The normalized spacial score (nSPS) is 14.8. The van der Waals surface area contributed by atoms with Crippen molar-refractivity contribution >= 4 is 27.6 Å². The van der Waals surface area contributed by atoms with Gasteiger partial charge < -0.3 is 24.1 Å². The summed E-state index contributed by atoms with van der Waals surface area (Å²) in [6, 6.07) is 23.7. The van der Waals surface area contributed by atoms with Crippen LogP contribution in [0.3, 0.4) is 0 Å². The van der Waals surface area contributed by atoms with Crippen molar-refractivity contribution in [1.29, 1.82) is 0 Å². The van der Waals surface area contributed by atoms with Crippen LogP contribution in [0.15, 0.2) is 78.9 Å². The Kier molecular flexibility index (Phi) is 12.5. The highest BCUT2D eigenvalue weighted by Gasteiger charge is 2.33. The monoisotopic (exact) mass is 731 g/mol. The van der Waals surface area contributed by atoms with Crippen LogP contribution in [0, 0.1) is 29.9 Å². The molecule has 5 rings (SSSR count). The number of esters is 1. The molecule has 13 heteroatoms. The molecule has 0 saturated heterocycles. The van der Waals surface area contributed by atoms with Crippen LogP contribution in [0.2, 0.25) is 0 Å². The molecule has 1 aliphatic heterocycles. The predicted molar refractivity (Wildman–Crippen MR) is 197 cm³/mol. The average molecular weight is 732 g/mol. The van der Waals surface area contributed by atoms with E-state index in [2.05, 4.69) is 5.32 Å². The van der Waals surface area contributed by atoms with Gasteiger partial charge in [-0.3, -0.25) is 14.9 Å². The Labute approximate surface area is 304 Å². The molecule has 12 nitrogen and oxygen atoms in total. The first-order chi connectivity index (χ1) is 24.9. The summed E-state index contributed by atoms with van der Waals surface area (Å²) in [4.78, 5) is 24.9. The number of anilines is 1. The second-order valence-electron chi connectivity index (χ2n) is 13.0. The first-order valence-electron chi connectivity index (χ1n) is 17.3. The summed E-state index contributed by atoms with van der Waals surface area (Å²) >= 11 is 0. The SMILES string of the molecule is CCOC(=O)CC(c1ccc(C)c(CN2Cc3cc(OCc4ccccc4)ccc3OS2(=O)=O)c1)c1ccc(NCC[C@@H](C)CO)c([N+](=O)[O-])c1C. The van der Waals surface area contributed by atoms with Crippen molar-refractivity contribution in [2.45, 2.75) is 66.2 Å². The Hall–Kier alpha value is -4.98. The molecule has 0 aromatic heterocycles. The molecule has 2 atom stereocenters. The molecule has 0 spiro atoms.